The first-order valence-corrected chi connectivity index (χ1v) is 6.90. The van der Waals surface area contributed by atoms with Crippen LogP contribution in [0.3, 0.4) is 0 Å². The third kappa shape index (κ3) is 5.14. The van der Waals surface area contributed by atoms with Crippen molar-refractivity contribution in [2.24, 2.45) is 11.1 Å². The van der Waals surface area contributed by atoms with Gasteiger partial charge in [-0.15, -0.1) is 12.4 Å². The van der Waals surface area contributed by atoms with Crippen molar-refractivity contribution in [1.82, 2.24) is 5.32 Å². The molecule has 2 atom stereocenters. The Morgan fingerprint density at radius 1 is 1.25 bits per heavy atom. The van der Waals surface area contributed by atoms with Crippen LogP contribution in [0.4, 0.5) is 0 Å². The van der Waals surface area contributed by atoms with Gasteiger partial charge in [-0.1, -0.05) is 52.0 Å². The second-order valence-electron chi connectivity index (χ2n) is 6.17. The highest BCUT2D eigenvalue weighted by atomic mass is 35.5. The summed E-state index contributed by atoms with van der Waals surface area (Å²) in [5.41, 5.74) is 8.13. The number of nitrogens with two attached hydrogens (primary N) is 1. The maximum Gasteiger partial charge on any atom is 0.237 e. The van der Waals surface area contributed by atoms with Gasteiger partial charge in [-0.3, -0.25) is 4.79 Å². The number of rotatable bonds is 4. The first kappa shape index (κ1) is 18.9. The Morgan fingerprint density at radius 2 is 1.75 bits per heavy atom. The van der Waals surface area contributed by atoms with Crippen LogP contribution in [-0.4, -0.2) is 11.9 Å². The van der Waals surface area contributed by atoms with Crippen molar-refractivity contribution in [2.45, 2.75) is 53.1 Å². The van der Waals surface area contributed by atoms with E-state index < -0.39 is 6.04 Å². The largest absolute Gasteiger partial charge is 0.348 e. The van der Waals surface area contributed by atoms with Crippen LogP contribution in [0.25, 0.3) is 0 Å². The van der Waals surface area contributed by atoms with Crippen molar-refractivity contribution in [3.63, 3.8) is 0 Å². The molecule has 3 nitrogen and oxygen atoms in total. The number of hydrogen-bond donors (Lipinski definition) is 2. The first-order valence-electron chi connectivity index (χ1n) is 6.90. The van der Waals surface area contributed by atoms with Crippen LogP contribution < -0.4 is 11.1 Å². The molecule has 114 valence electrons. The minimum Gasteiger partial charge on any atom is -0.348 e. The molecule has 0 heterocycles. The van der Waals surface area contributed by atoms with E-state index >= 15 is 0 Å². The van der Waals surface area contributed by atoms with E-state index in [1.807, 2.05) is 27.7 Å². The molecule has 0 aliphatic carbocycles. The molecule has 1 aromatic rings. The first-order chi connectivity index (χ1) is 8.75. The fourth-order valence-corrected chi connectivity index (χ4v) is 1.82. The van der Waals surface area contributed by atoms with Crippen molar-refractivity contribution in [3.05, 3.63) is 35.4 Å². The maximum absolute atomic E-state index is 12.1. The van der Waals surface area contributed by atoms with Crippen LogP contribution in [0.15, 0.2) is 24.3 Å². The van der Waals surface area contributed by atoms with E-state index in [0.717, 1.165) is 12.0 Å². The van der Waals surface area contributed by atoms with Gasteiger partial charge in [-0.25, -0.2) is 0 Å². The van der Waals surface area contributed by atoms with Gasteiger partial charge >= 0.3 is 0 Å². The summed E-state index contributed by atoms with van der Waals surface area (Å²) in [4.78, 5) is 12.1. The van der Waals surface area contributed by atoms with Crippen molar-refractivity contribution < 1.29 is 4.79 Å². The summed E-state index contributed by atoms with van der Waals surface area (Å²) in [6.07, 6.45) is 1.02. The van der Waals surface area contributed by atoms with Gasteiger partial charge in [0.15, 0.2) is 0 Å². The molecule has 0 aromatic heterocycles. The molecule has 1 amide bonds. The standard InChI is InChI=1S/C16H26N2O.ClH/c1-6-12-7-9-13(10-8-12)11(2)18-15(19)14(17)16(3,4)5;/h7-11,14H,6,17H2,1-5H3,(H,18,19);1H/t11?,14-;/m1./s1. The topological polar surface area (TPSA) is 55.1 Å². The molecule has 0 radical (unpaired) electrons. The van der Waals surface area contributed by atoms with Crippen LogP contribution in [-0.2, 0) is 11.2 Å². The van der Waals surface area contributed by atoms with Gasteiger partial charge in [-0.05, 0) is 29.9 Å². The number of benzene rings is 1. The predicted molar refractivity (Wildman–Crippen MR) is 87.1 cm³/mol. The van der Waals surface area contributed by atoms with E-state index in [4.69, 9.17) is 5.73 Å². The number of hydrogen-bond acceptors (Lipinski definition) is 2. The average molecular weight is 299 g/mol. The lowest BCUT2D eigenvalue weighted by atomic mass is 9.86. The molecule has 1 rings (SSSR count). The molecule has 0 aliphatic rings. The minimum absolute atomic E-state index is 0. The lowest BCUT2D eigenvalue weighted by Gasteiger charge is -2.27. The summed E-state index contributed by atoms with van der Waals surface area (Å²) in [7, 11) is 0. The summed E-state index contributed by atoms with van der Waals surface area (Å²) in [5.74, 6) is -0.0976. The summed E-state index contributed by atoms with van der Waals surface area (Å²) >= 11 is 0. The van der Waals surface area contributed by atoms with Gasteiger partial charge in [0.1, 0.15) is 0 Å². The molecule has 1 aromatic carbocycles. The van der Waals surface area contributed by atoms with Crippen LogP contribution >= 0.6 is 12.4 Å². The minimum atomic E-state index is -0.495. The molecule has 4 heteroatoms. The Balaban J connectivity index is 0.00000361. The summed E-state index contributed by atoms with van der Waals surface area (Å²) in [6.45, 7) is 10.0. The van der Waals surface area contributed by atoms with E-state index in [-0.39, 0.29) is 29.8 Å². The Morgan fingerprint density at radius 3 is 2.15 bits per heavy atom. The molecule has 0 aliphatic heterocycles. The van der Waals surface area contributed by atoms with E-state index in [0.29, 0.717) is 0 Å². The van der Waals surface area contributed by atoms with Gasteiger partial charge in [0.2, 0.25) is 5.91 Å². The Hall–Kier alpha value is -1.06. The normalized spacial score (nSPS) is 14.1. The van der Waals surface area contributed by atoms with Crippen LogP contribution in [0.1, 0.15) is 51.8 Å². The highest BCUT2D eigenvalue weighted by Crippen LogP contribution is 2.19. The van der Waals surface area contributed by atoms with E-state index in [2.05, 4.69) is 36.5 Å². The monoisotopic (exact) mass is 298 g/mol. The molecule has 1 unspecified atom stereocenters. The number of nitrogens with one attached hydrogen (secondary N) is 1. The zero-order valence-electron chi connectivity index (χ0n) is 13.1. The lowest BCUT2D eigenvalue weighted by molar-refractivity contribution is -0.125. The molecule has 20 heavy (non-hydrogen) atoms. The number of amides is 1. The Bertz CT molecular complexity index is 423. The quantitative estimate of drug-likeness (QED) is 0.897. The third-order valence-electron chi connectivity index (χ3n) is 3.46. The average Bonchev–Trinajstić information content (AvgIpc) is 2.36. The SMILES string of the molecule is CCc1ccc(C(C)NC(=O)[C@@H](N)C(C)(C)C)cc1.Cl. The molecular weight excluding hydrogens is 272 g/mol. The third-order valence-corrected chi connectivity index (χ3v) is 3.46. The van der Waals surface area contributed by atoms with Crippen LogP contribution in [0, 0.1) is 5.41 Å². The van der Waals surface area contributed by atoms with Gasteiger partial charge in [0, 0.05) is 0 Å². The Kier molecular flexibility index (Phi) is 7.25. The fourth-order valence-electron chi connectivity index (χ4n) is 1.82. The lowest BCUT2D eigenvalue weighted by Crippen LogP contribution is -2.49. The Labute approximate surface area is 128 Å². The number of carbonyl (C=O) groups excluding carboxylic acids is 1. The number of carbonyl (C=O) groups is 1. The molecular formula is C16H27ClN2O. The van der Waals surface area contributed by atoms with E-state index in [1.165, 1.54) is 5.56 Å². The van der Waals surface area contributed by atoms with Gasteiger partial charge in [0.05, 0.1) is 12.1 Å². The van der Waals surface area contributed by atoms with Crippen molar-refractivity contribution in [1.29, 1.82) is 0 Å². The highest BCUT2D eigenvalue weighted by molar-refractivity contribution is 5.85. The van der Waals surface area contributed by atoms with E-state index in [9.17, 15) is 4.79 Å². The summed E-state index contributed by atoms with van der Waals surface area (Å²) < 4.78 is 0. The van der Waals surface area contributed by atoms with Crippen molar-refractivity contribution in [2.75, 3.05) is 0 Å². The molecule has 0 saturated heterocycles. The predicted octanol–water partition coefficient (Wildman–Crippen LogP) is 3.22. The summed E-state index contributed by atoms with van der Waals surface area (Å²) in [5, 5.41) is 2.98. The second-order valence-corrected chi connectivity index (χ2v) is 6.17. The van der Waals surface area contributed by atoms with Gasteiger partial charge in [0.25, 0.3) is 0 Å². The molecule has 0 bridgehead atoms. The smallest absolute Gasteiger partial charge is 0.237 e. The zero-order valence-corrected chi connectivity index (χ0v) is 13.9. The van der Waals surface area contributed by atoms with Crippen molar-refractivity contribution >= 4 is 18.3 Å². The number of aryl methyl sites for hydroxylation is 1. The van der Waals surface area contributed by atoms with Gasteiger partial charge < -0.3 is 11.1 Å². The highest BCUT2D eigenvalue weighted by Gasteiger charge is 2.28. The second kappa shape index (κ2) is 7.65. The molecule has 0 spiro atoms. The maximum atomic E-state index is 12.1. The molecule has 0 fully saturated rings. The fraction of sp³-hybridized carbons (Fsp3) is 0.562. The van der Waals surface area contributed by atoms with Gasteiger partial charge in [-0.2, -0.15) is 0 Å². The van der Waals surface area contributed by atoms with E-state index in [1.54, 1.807) is 0 Å². The summed E-state index contributed by atoms with van der Waals surface area (Å²) in [6, 6.07) is 7.80. The number of halogens is 1. The van der Waals surface area contributed by atoms with Crippen LogP contribution in [0.2, 0.25) is 0 Å². The zero-order chi connectivity index (χ0) is 14.6. The van der Waals surface area contributed by atoms with Crippen molar-refractivity contribution in [3.8, 4) is 0 Å². The molecule has 0 saturated carbocycles. The van der Waals surface area contributed by atoms with Crippen LogP contribution in [0.5, 0.6) is 0 Å². The molecule has 3 N–H and O–H groups in total.